The van der Waals surface area contributed by atoms with Crippen LogP contribution in [0.3, 0.4) is 0 Å². The number of nitrogens with one attached hydrogen (secondary N) is 1. The molecule has 1 aromatic heterocycles. The molecule has 0 aliphatic heterocycles. The zero-order chi connectivity index (χ0) is 11.4. The number of hydrogen-bond donors (Lipinski definition) is 2. The van der Waals surface area contributed by atoms with Crippen molar-refractivity contribution >= 4 is 29.9 Å². The molecule has 0 atom stereocenters. The molecule has 0 saturated carbocycles. The summed E-state index contributed by atoms with van der Waals surface area (Å²) < 4.78 is 0. The first kappa shape index (κ1) is 11.2. The Hall–Kier alpha value is -1.26. The van der Waals surface area contributed by atoms with E-state index in [9.17, 15) is 4.79 Å². The lowest BCUT2D eigenvalue weighted by Crippen LogP contribution is -2.22. The van der Waals surface area contributed by atoms with Crippen LogP contribution in [-0.2, 0) is 6.54 Å². The quantitative estimate of drug-likeness (QED) is 0.805. The summed E-state index contributed by atoms with van der Waals surface area (Å²) in [5, 5.41) is 4.86. The second kappa shape index (κ2) is 5.18. The topological polar surface area (TPSA) is 29.1 Å². The van der Waals surface area contributed by atoms with E-state index in [4.69, 9.17) is 0 Å². The van der Waals surface area contributed by atoms with E-state index in [0.29, 0.717) is 17.0 Å². The summed E-state index contributed by atoms with van der Waals surface area (Å²) in [7, 11) is 0. The zero-order valence-electron chi connectivity index (χ0n) is 8.51. The highest BCUT2D eigenvalue weighted by Gasteiger charge is 2.07. The second-order valence-corrected chi connectivity index (χ2v) is 4.79. The van der Waals surface area contributed by atoms with Crippen molar-refractivity contribution in [2.24, 2.45) is 0 Å². The fourth-order valence-corrected chi connectivity index (χ4v) is 2.25. The van der Waals surface area contributed by atoms with Crippen molar-refractivity contribution in [3.05, 3.63) is 52.2 Å². The summed E-state index contributed by atoms with van der Waals surface area (Å²) in [5.41, 5.74) is 0.613. The number of thiol groups is 1. The molecule has 1 amide bonds. The largest absolute Gasteiger partial charge is 0.347 e. The Morgan fingerprint density at radius 2 is 2.06 bits per heavy atom. The SMILES string of the molecule is O=C(NCc1cccs1)c1ccccc1S. The lowest BCUT2D eigenvalue weighted by molar-refractivity contribution is 0.0948. The molecule has 0 fully saturated rings. The predicted octanol–water partition coefficient (Wildman–Crippen LogP) is 2.97. The van der Waals surface area contributed by atoms with Crippen molar-refractivity contribution in [2.75, 3.05) is 0 Å². The lowest BCUT2D eigenvalue weighted by atomic mass is 10.2. The highest BCUT2D eigenvalue weighted by Crippen LogP contribution is 2.13. The minimum atomic E-state index is -0.0843. The van der Waals surface area contributed by atoms with Crippen LogP contribution in [0.2, 0.25) is 0 Å². The van der Waals surface area contributed by atoms with E-state index < -0.39 is 0 Å². The van der Waals surface area contributed by atoms with Gasteiger partial charge in [-0.3, -0.25) is 4.79 Å². The summed E-state index contributed by atoms with van der Waals surface area (Å²) >= 11 is 5.88. The van der Waals surface area contributed by atoms with E-state index in [0.717, 1.165) is 4.88 Å². The molecule has 2 nitrogen and oxygen atoms in total. The van der Waals surface area contributed by atoms with Gasteiger partial charge in [0.25, 0.3) is 5.91 Å². The van der Waals surface area contributed by atoms with Gasteiger partial charge < -0.3 is 5.32 Å². The number of carbonyl (C=O) groups excluding carboxylic acids is 1. The van der Waals surface area contributed by atoms with Crippen LogP contribution < -0.4 is 5.32 Å². The van der Waals surface area contributed by atoms with Crippen molar-refractivity contribution in [3.63, 3.8) is 0 Å². The Kier molecular flexibility index (Phi) is 3.64. The maximum Gasteiger partial charge on any atom is 0.252 e. The Morgan fingerprint density at radius 3 is 2.75 bits per heavy atom. The van der Waals surface area contributed by atoms with E-state index in [1.54, 1.807) is 17.4 Å². The van der Waals surface area contributed by atoms with Crippen molar-refractivity contribution in [1.82, 2.24) is 5.32 Å². The number of benzene rings is 1. The van der Waals surface area contributed by atoms with Gasteiger partial charge in [-0.1, -0.05) is 18.2 Å². The Morgan fingerprint density at radius 1 is 1.25 bits per heavy atom. The minimum absolute atomic E-state index is 0.0843. The molecule has 82 valence electrons. The van der Waals surface area contributed by atoms with Crippen LogP contribution in [0.15, 0.2) is 46.7 Å². The summed E-state index contributed by atoms with van der Waals surface area (Å²) in [6.45, 7) is 0.568. The van der Waals surface area contributed by atoms with Crippen LogP contribution in [0.25, 0.3) is 0 Å². The van der Waals surface area contributed by atoms with E-state index in [1.165, 1.54) is 0 Å². The molecule has 2 rings (SSSR count). The van der Waals surface area contributed by atoms with Crippen LogP contribution in [0.5, 0.6) is 0 Å². The molecule has 0 spiro atoms. The molecular formula is C12H11NOS2. The van der Waals surface area contributed by atoms with Crippen molar-refractivity contribution in [1.29, 1.82) is 0 Å². The smallest absolute Gasteiger partial charge is 0.252 e. The van der Waals surface area contributed by atoms with Crippen LogP contribution in [-0.4, -0.2) is 5.91 Å². The third kappa shape index (κ3) is 2.65. The van der Waals surface area contributed by atoms with Gasteiger partial charge in [0.15, 0.2) is 0 Å². The molecule has 16 heavy (non-hydrogen) atoms. The number of carbonyl (C=O) groups is 1. The molecule has 0 radical (unpaired) electrons. The summed E-state index contributed by atoms with van der Waals surface area (Å²) in [5.74, 6) is -0.0843. The van der Waals surface area contributed by atoms with Crippen LogP contribution in [0.1, 0.15) is 15.2 Å². The lowest BCUT2D eigenvalue weighted by Gasteiger charge is -2.05. The van der Waals surface area contributed by atoms with E-state index in [-0.39, 0.29) is 5.91 Å². The normalized spacial score (nSPS) is 10.1. The summed E-state index contributed by atoms with van der Waals surface area (Å²) in [6.07, 6.45) is 0. The third-order valence-electron chi connectivity index (χ3n) is 2.15. The van der Waals surface area contributed by atoms with E-state index in [2.05, 4.69) is 17.9 Å². The Bertz CT molecular complexity index is 480. The van der Waals surface area contributed by atoms with Crippen molar-refractivity contribution in [2.45, 2.75) is 11.4 Å². The maximum atomic E-state index is 11.8. The fourth-order valence-electron chi connectivity index (χ4n) is 1.34. The van der Waals surface area contributed by atoms with Crippen molar-refractivity contribution < 1.29 is 4.79 Å². The average molecular weight is 249 g/mol. The number of amides is 1. The first-order valence-electron chi connectivity index (χ1n) is 4.86. The van der Waals surface area contributed by atoms with Crippen molar-refractivity contribution in [3.8, 4) is 0 Å². The second-order valence-electron chi connectivity index (χ2n) is 3.28. The van der Waals surface area contributed by atoms with Gasteiger partial charge in [0.2, 0.25) is 0 Å². The highest BCUT2D eigenvalue weighted by atomic mass is 32.1. The minimum Gasteiger partial charge on any atom is -0.347 e. The molecule has 0 bridgehead atoms. The van der Waals surface area contributed by atoms with Gasteiger partial charge in [0, 0.05) is 9.77 Å². The number of rotatable bonds is 3. The highest BCUT2D eigenvalue weighted by molar-refractivity contribution is 7.80. The molecule has 0 saturated heterocycles. The predicted molar refractivity (Wildman–Crippen MR) is 69.2 cm³/mol. The summed E-state index contributed by atoms with van der Waals surface area (Å²) in [4.78, 5) is 13.6. The zero-order valence-corrected chi connectivity index (χ0v) is 10.2. The standard InChI is InChI=1S/C12H11NOS2/c14-12(10-5-1-2-6-11(10)15)13-8-9-4-3-7-16-9/h1-7,15H,8H2,(H,13,14). The average Bonchev–Trinajstić information content (AvgIpc) is 2.79. The van der Waals surface area contributed by atoms with Gasteiger partial charge in [-0.15, -0.1) is 24.0 Å². The molecule has 0 aliphatic carbocycles. The van der Waals surface area contributed by atoms with Gasteiger partial charge in [-0.05, 0) is 23.6 Å². The van der Waals surface area contributed by atoms with Gasteiger partial charge in [-0.2, -0.15) is 0 Å². The third-order valence-corrected chi connectivity index (χ3v) is 3.42. The summed E-state index contributed by atoms with van der Waals surface area (Å²) in [6, 6.07) is 11.2. The van der Waals surface area contributed by atoms with Gasteiger partial charge >= 0.3 is 0 Å². The first-order chi connectivity index (χ1) is 7.77. The van der Waals surface area contributed by atoms with Gasteiger partial charge in [-0.25, -0.2) is 0 Å². The Labute approximate surface area is 104 Å². The fraction of sp³-hybridized carbons (Fsp3) is 0.0833. The number of thiophene rings is 1. The molecule has 1 heterocycles. The van der Waals surface area contributed by atoms with E-state index >= 15 is 0 Å². The molecule has 1 N–H and O–H groups in total. The molecule has 4 heteroatoms. The van der Waals surface area contributed by atoms with Gasteiger partial charge in [0.1, 0.15) is 0 Å². The molecule has 0 aliphatic rings. The van der Waals surface area contributed by atoms with Gasteiger partial charge in [0.05, 0.1) is 12.1 Å². The maximum absolute atomic E-state index is 11.8. The number of hydrogen-bond acceptors (Lipinski definition) is 3. The molecule has 2 aromatic rings. The van der Waals surface area contributed by atoms with E-state index in [1.807, 2.05) is 35.7 Å². The van der Waals surface area contributed by atoms with Crippen LogP contribution >= 0.6 is 24.0 Å². The van der Waals surface area contributed by atoms with Crippen LogP contribution in [0, 0.1) is 0 Å². The Balaban J connectivity index is 2.01. The monoisotopic (exact) mass is 249 g/mol. The van der Waals surface area contributed by atoms with Crippen LogP contribution in [0.4, 0.5) is 0 Å². The molecular weight excluding hydrogens is 238 g/mol. The molecule has 0 unspecified atom stereocenters. The first-order valence-corrected chi connectivity index (χ1v) is 6.18. The molecule has 1 aromatic carbocycles.